The number of halogens is 1. The molecule has 0 spiro atoms. The van der Waals surface area contributed by atoms with Gasteiger partial charge in [-0.2, -0.15) is 0 Å². The number of carbonyl (C=O) groups is 1. The van der Waals surface area contributed by atoms with Crippen LogP contribution in [-0.2, 0) is 11.3 Å². The van der Waals surface area contributed by atoms with Crippen molar-refractivity contribution < 1.29 is 14.3 Å². The number of nitrogens with one attached hydrogen (secondary N) is 1. The number of rotatable bonds is 5. The van der Waals surface area contributed by atoms with Gasteiger partial charge in [-0.3, -0.25) is 9.69 Å². The SMILES string of the molecule is Cc1ccc(Cl)cc1NC(=O)C(C)N(C)Cc1ccc2c(c1)OCO2. The Balaban J connectivity index is 1.64. The summed E-state index contributed by atoms with van der Waals surface area (Å²) in [5.41, 5.74) is 2.77. The molecule has 0 saturated carbocycles. The molecule has 5 nitrogen and oxygen atoms in total. The Morgan fingerprint density at radius 1 is 1.24 bits per heavy atom. The molecule has 0 fully saturated rings. The Morgan fingerprint density at radius 3 is 2.80 bits per heavy atom. The molecule has 1 N–H and O–H groups in total. The molecule has 1 amide bonds. The van der Waals surface area contributed by atoms with Crippen LogP contribution in [0.3, 0.4) is 0 Å². The second-order valence-electron chi connectivity index (χ2n) is 6.23. The van der Waals surface area contributed by atoms with E-state index in [9.17, 15) is 4.79 Å². The van der Waals surface area contributed by atoms with Crippen LogP contribution in [0.2, 0.25) is 5.02 Å². The molecule has 3 rings (SSSR count). The normalized spacial score (nSPS) is 13.8. The highest BCUT2D eigenvalue weighted by molar-refractivity contribution is 6.31. The number of benzene rings is 2. The molecule has 0 aromatic heterocycles. The lowest BCUT2D eigenvalue weighted by molar-refractivity contribution is -0.120. The number of anilines is 1. The largest absolute Gasteiger partial charge is 0.454 e. The van der Waals surface area contributed by atoms with Crippen molar-refractivity contribution in [2.45, 2.75) is 26.4 Å². The monoisotopic (exact) mass is 360 g/mol. The van der Waals surface area contributed by atoms with E-state index in [-0.39, 0.29) is 18.7 Å². The summed E-state index contributed by atoms with van der Waals surface area (Å²) in [7, 11) is 1.92. The number of amides is 1. The Bertz CT molecular complexity index is 794. The van der Waals surface area contributed by atoms with Crippen molar-refractivity contribution in [3.63, 3.8) is 0 Å². The first-order valence-electron chi connectivity index (χ1n) is 8.10. The van der Waals surface area contributed by atoms with Gasteiger partial charge in [-0.1, -0.05) is 23.7 Å². The summed E-state index contributed by atoms with van der Waals surface area (Å²) in [4.78, 5) is 14.5. The van der Waals surface area contributed by atoms with Crippen LogP contribution in [0.4, 0.5) is 5.69 Å². The topological polar surface area (TPSA) is 50.8 Å². The van der Waals surface area contributed by atoms with E-state index < -0.39 is 0 Å². The number of aryl methyl sites for hydroxylation is 1. The molecule has 1 heterocycles. The third-order valence-corrected chi connectivity index (χ3v) is 4.60. The number of likely N-dealkylation sites (N-methyl/N-ethyl adjacent to an activating group) is 1. The molecule has 2 aromatic rings. The van der Waals surface area contributed by atoms with E-state index in [0.29, 0.717) is 11.6 Å². The van der Waals surface area contributed by atoms with Crippen molar-refractivity contribution >= 4 is 23.2 Å². The van der Waals surface area contributed by atoms with Crippen LogP contribution in [0.5, 0.6) is 11.5 Å². The highest BCUT2D eigenvalue weighted by atomic mass is 35.5. The van der Waals surface area contributed by atoms with Gasteiger partial charge in [0.2, 0.25) is 12.7 Å². The molecule has 0 radical (unpaired) electrons. The van der Waals surface area contributed by atoms with Gasteiger partial charge in [-0.15, -0.1) is 0 Å². The Hall–Kier alpha value is -2.24. The number of ether oxygens (including phenoxy) is 2. The van der Waals surface area contributed by atoms with E-state index in [4.69, 9.17) is 21.1 Å². The van der Waals surface area contributed by atoms with Crippen LogP contribution in [0.15, 0.2) is 36.4 Å². The van der Waals surface area contributed by atoms with E-state index in [1.807, 2.05) is 56.1 Å². The van der Waals surface area contributed by atoms with Crippen LogP contribution in [0, 0.1) is 6.92 Å². The summed E-state index contributed by atoms with van der Waals surface area (Å²) in [6.07, 6.45) is 0. The fourth-order valence-electron chi connectivity index (χ4n) is 2.63. The van der Waals surface area contributed by atoms with Gasteiger partial charge in [-0.25, -0.2) is 0 Å². The Kier molecular flexibility index (Phi) is 5.16. The zero-order valence-electron chi connectivity index (χ0n) is 14.5. The minimum atomic E-state index is -0.302. The number of nitrogens with zero attached hydrogens (tertiary/aromatic N) is 1. The predicted octanol–water partition coefficient (Wildman–Crippen LogP) is 3.84. The average Bonchev–Trinajstić information content (AvgIpc) is 3.05. The summed E-state index contributed by atoms with van der Waals surface area (Å²) in [6.45, 7) is 4.70. The van der Waals surface area contributed by atoms with Gasteiger partial charge in [-0.05, 0) is 56.3 Å². The predicted molar refractivity (Wildman–Crippen MR) is 98.3 cm³/mol. The maximum Gasteiger partial charge on any atom is 0.241 e. The number of hydrogen-bond acceptors (Lipinski definition) is 4. The fourth-order valence-corrected chi connectivity index (χ4v) is 2.80. The van der Waals surface area contributed by atoms with Gasteiger partial charge in [0.25, 0.3) is 0 Å². The zero-order chi connectivity index (χ0) is 18.0. The fraction of sp³-hybridized carbons (Fsp3) is 0.316. The first-order chi connectivity index (χ1) is 11.9. The van der Waals surface area contributed by atoms with Crippen molar-refractivity contribution in [3.8, 4) is 11.5 Å². The molecule has 6 heteroatoms. The molecule has 2 aromatic carbocycles. The van der Waals surface area contributed by atoms with Crippen LogP contribution in [-0.4, -0.2) is 30.7 Å². The third kappa shape index (κ3) is 4.06. The molecule has 0 bridgehead atoms. The van der Waals surface area contributed by atoms with Gasteiger partial charge >= 0.3 is 0 Å². The summed E-state index contributed by atoms with van der Waals surface area (Å²) in [5.74, 6) is 1.43. The lowest BCUT2D eigenvalue weighted by atomic mass is 10.1. The van der Waals surface area contributed by atoms with Crippen LogP contribution >= 0.6 is 11.6 Å². The molecular formula is C19H21ClN2O3. The Labute approximate surface area is 152 Å². The number of carbonyl (C=O) groups excluding carboxylic acids is 1. The van der Waals surface area contributed by atoms with Crippen LogP contribution in [0.25, 0.3) is 0 Å². The summed E-state index contributed by atoms with van der Waals surface area (Å²) in [5, 5.41) is 3.55. The molecule has 1 aliphatic heterocycles. The van der Waals surface area contributed by atoms with Gasteiger partial charge in [0.15, 0.2) is 11.5 Å². The molecule has 1 unspecified atom stereocenters. The average molecular weight is 361 g/mol. The number of fused-ring (bicyclic) bond motifs is 1. The van der Waals surface area contributed by atoms with Crippen molar-refractivity contribution in [1.82, 2.24) is 4.90 Å². The van der Waals surface area contributed by atoms with Crippen LogP contribution in [0.1, 0.15) is 18.1 Å². The third-order valence-electron chi connectivity index (χ3n) is 4.37. The first kappa shape index (κ1) is 17.6. The summed E-state index contributed by atoms with van der Waals surface area (Å²) in [6, 6.07) is 11.0. The second kappa shape index (κ2) is 7.33. The molecule has 0 saturated heterocycles. The van der Waals surface area contributed by atoms with Crippen molar-refractivity contribution in [2.24, 2.45) is 0 Å². The second-order valence-corrected chi connectivity index (χ2v) is 6.66. The lowest BCUT2D eigenvalue weighted by Gasteiger charge is -2.24. The van der Waals surface area contributed by atoms with Gasteiger partial charge in [0, 0.05) is 17.3 Å². The summed E-state index contributed by atoms with van der Waals surface area (Å²) < 4.78 is 10.7. The van der Waals surface area contributed by atoms with Crippen molar-refractivity contribution in [1.29, 1.82) is 0 Å². The standard InChI is InChI=1S/C19H21ClN2O3/c1-12-4-6-15(20)9-16(12)21-19(23)13(2)22(3)10-14-5-7-17-18(8-14)25-11-24-17/h4-9,13H,10-11H2,1-3H3,(H,21,23). The van der Waals surface area contributed by atoms with E-state index in [0.717, 1.165) is 28.3 Å². The van der Waals surface area contributed by atoms with E-state index >= 15 is 0 Å². The van der Waals surface area contributed by atoms with Crippen molar-refractivity contribution in [3.05, 3.63) is 52.5 Å². The quantitative estimate of drug-likeness (QED) is 0.880. The highest BCUT2D eigenvalue weighted by Crippen LogP contribution is 2.32. The van der Waals surface area contributed by atoms with E-state index in [1.54, 1.807) is 6.07 Å². The minimum Gasteiger partial charge on any atom is -0.454 e. The van der Waals surface area contributed by atoms with Gasteiger partial charge in [0.05, 0.1) is 6.04 Å². The maximum absolute atomic E-state index is 12.6. The molecule has 25 heavy (non-hydrogen) atoms. The number of hydrogen-bond donors (Lipinski definition) is 1. The van der Waals surface area contributed by atoms with Gasteiger partial charge in [0.1, 0.15) is 0 Å². The van der Waals surface area contributed by atoms with E-state index in [2.05, 4.69) is 5.32 Å². The molecular weight excluding hydrogens is 340 g/mol. The molecule has 0 aliphatic carbocycles. The van der Waals surface area contributed by atoms with Crippen LogP contribution < -0.4 is 14.8 Å². The smallest absolute Gasteiger partial charge is 0.241 e. The lowest BCUT2D eigenvalue weighted by Crippen LogP contribution is -2.39. The molecule has 1 aliphatic rings. The Morgan fingerprint density at radius 2 is 2.00 bits per heavy atom. The maximum atomic E-state index is 12.6. The summed E-state index contributed by atoms with van der Waals surface area (Å²) >= 11 is 6.01. The van der Waals surface area contributed by atoms with Gasteiger partial charge < -0.3 is 14.8 Å². The van der Waals surface area contributed by atoms with Crippen molar-refractivity contribution in [2.75, 3.05) is 19.2 Å². The van der Waals surface area contributed by atoms with E-state index in [1.165, 1.54) is 0 Å². The molecule has 132 valence electrons. The molecule has 1 atom stereocenters. The minimum absolute atomic E-state index is 0.0754. The zero-order valence-corrected chi connectivity index (χ0v) is 15.3. The highest BCUT2D eigenvalue weighted by Gasteiger charge is 2.20. The first-order valence-corrected chi connectivity index (χ1v) is 8.47.